The highest BCUT2D eigenvalue weighted by Gasteiger charge is 2.22. The van der Waals surface area contributed by atoms with Gasteiger partial charge in [0.25, 0.3) is 0 Å². The van der Waals surface area contributed by atoms with Gasteiger partial charge in [-0.15, -0.1) is 6.58 Å². The summed E-state index contributed by atoms with van der Waals surface area (Å²) in [4.78, 5) is 14.5. The van der Waals surface area contributed by atoms with Gasteiger partial charge in [-0.25, -0.2) is 4.79 Å². The van der Waals surface area contributed by atoms with Crippen molar-refractivity contribution in [2.24, 2.45) is 0 Å². The summed E-state index contributed by atoms with van der Waals surface area (Å²) in [6.45, 7) is 12.4. The lowest BCUT2D eigenvalue weighted by Crippen LogP contribution is -2.48. The van der Waals surface area contributed by atoms with E-state index in [0.29, 0.717) is 0 Å². The molecule has 0 unspecified atom stereocenters. The van der Waals surface area contributed by atoms with Gasteiger partial charge in [0, 0.05) is 31.2 Å². The topological polar surface area (TPSA) is 70.4 Å². The Balaban J connectivity index is 1.80. The highest BCUT2D eigenvalue weighted by molar-refractivity contribution is 5.74. The van der Waals surface area contributed by atoms with E-state index in [-0.39, 0.29) is 18.1 Å². The number of amides is 2. The number of hydrogen-bond donors (Lipinski definition) is 2. The first-order chi connectivity index (χ1) is 10.5. The molecule has 0 saturated carbocycles. The highest BCUT2D eigenvalue weighted by Crippen LogP contribution is 2.20. The number of carbonyl (C=O) groups excluding carboxylic acids is 1. The van der Waals surface area contributed by atoms with Crippen LogP contribution in [0.2, 0.25) is 0 Å². The molecule has 1 aliphatic heterocycles. The maximum absolute atomic E-state index is 12.1. The maximum atomic E-state index is 12.1. The van der Waals surface area contributed by atoms with Crippen LogP contribution in [-0.4, -0.2) is 41.8 Å². The summed E-state index contributed by atoms with van der Waals surface area (Å²) in [5, 5.41) is 9.95. The molecule has 2 N–H and O–H groups in total. The van der Waals surface area contributed by atoms with Gasteiger partial charge in [0.1, 0.15) is 5.76 Å². The quantitative estimate of drug-likeness (QED) is 0.819. The van der Waals surface area contributed by atoms with Crippen LogP contribution in [0.15, 0.2) is 17.2 Å². The molecule has 122 valence electrons. The first-order valence-corrected chi connectivity index (χ1v) is 7.84. The van der Waals surface area contributed by atoms with E-state index in [1.54, 1.807) is 0 Å². The first-order valence-electron chi connectivity index (χ1n) is 7.84. The van der Waals surface area contributed by atoms with Crippen LogP contribution >= 0.6 is 0 Å². The fraction of sp³-hybridized carbons (Fsp3) is 0.625. The van der Waals surface area contributed by atoms with Crippen LogP contribution in [0.4, 0.5) is 4.79 Å². The third-order valence-corrected chi connectivity index (χ3v) is 4.18. The summed E-state index contributed by atoms with van der Waals surface area (Å²) in [5.41, 5.74) is 1.78. The average Bonchev–Trinajstić information content (AvgIpc) is 2.80. The van der Waals surface area contributed by atoms with Crippen LogP contribution in [0.3, 0.4) is 0 Å². The summed E-state index contributed by atoms with van der Waals surface area (Å²) < 4.78 is 5.15. The van der Waals surface area contributed by atoms with E-state index >= 15 is 0 Å². The van der Waals surface area contributed by atoms with Crippen LogP contribution in [-0.2, 0) is 0 Å². The van der Waals surface area contributed by atoms with Crippen molar-refractivity contribution in [3.05, 3.63) is 29.7 Å². The van der Waals surface area contributed by atoms with Gasteiger partial charge in [-0.3, -0.25) is 4.90 Å². The number of hydrogen-bond acceptors (Lipinski definition) is 4. The van der Waals surface area contributed by atoms with Crippen molar-refractivity contribution in [1.82, 2.24) is 20.7 Å². The molecule has 6 heteroatoms. The molecule has 1 aromatic rings. The van der Waals surface area contributed by atoms with Gasteiger partial charge >= 0.3 is 6.03 Å². The van der Waals surface area contributed by atoms with Gasteiger partial charge in [-0.2, -0.15) is 0 Å². The van der Waals surface area contributed by atoms with Crippen molar-refractivity contribution in [2.75, 3.05) is 19.6 Å². The molecule has 0 aromatic carbocycles. The summed E-state index contributed by atoms with van der Waals surface area (Å²) in [6.07, 6.45) is 3.87. The second kappa shape index (κ2) is 7.45. The molecule has 0 spiro atoms. The zero-order valence-corrected chi connectivity index (χ0v) is 13.7. The maximum Gasteiger partial charge on any atom is 0.315 e. The zero-order valence-electron chi connectivity index (χ0n) is 13.7. The Morgan fingerprint density at radius 2 is 2.18 bits per heavy atom. The number of piperidine rings is 1. The molecule has 0 aliphatic carbocycles. The monoisotopic (exact) mass is 306 g/mol. The highest BCUT2D eigenvalue weighted by atomic mass is 16.5. The molecule has 0 bridgehead atoms. The smallest absolute Gasteiger partial charge is 0.315 e. The van der Waals surface area contributed by atoms with Crippen molar-refractivity contribution >= 4 is 6.03 Å². The molecule has 1 aromatic heterocycles. The third-order valence-electron chi connectivity index (χ3n) is 4.18. The van der Waals surface area contributed by atoms with E-state index in [1.165, 1.54) is 0 Å². The molecule has 1 atom stereocenters. The molecule has 1 fully saturated rings. The average molecular weight is 306 g/mol. The molecular formula is C16H26N4O2. The molecule has 2 amide bonds. The summed E-state index contributed by atoms with van der Waals surface area (Å²) in [7, 11) is 0. The molecule has 2 rings (SSSR count). The molecule has 6 nitrogen and oxygen atoms in total. The van der Waals surface area contributed by atoms with Gasteiger partial charge < -0.3 is 15.2 Å². The lowest BCUT2D eigenvalue weighted by Gasteiger charge is -2.31. The van der Waals surface area contributed by atoms with Crippen molar-refractivity contribution in [3.63, 3.8) is 0 Å². The van der Waals surface area contributed by atoms with Gasteiger partial charge in [0.15, 0.2) is 0 Å². The van der Waals surface area contributed by atoms with Gasteiger partial charge in [0.2, 0.25) is 0 Å². The van der Waals surface area contributed by atoms with E-state index in [9.17, 15) is 4.79 Å². The first kappa shape index (κ1) is 16.5. The van der Waals surface area contributed by atoms with E-state index < -0.39 is 0 Å². The molecular weight excluding hydrogens is 280 g/mol. The predicted molar refractivity (Wildman–Crippen MR) is 85.7 cm³/mol. The second-order valence-electron chi connectivity index (χ2n) is 5.94. The summed E-state index contributed by atoms with van der Waals surface area (Å²) >= 11 is 0. The number of urea groups is 1. The lowest BCUT2D eigenvalue weighted by molar-refractivity contribution is 0.202. The SMILES string of the molecule is C=CCN1CCC(NC(=O)N[C@@H](C)c2c(C)noc2C)CC1. The molecule has 22 heavy (non-hydrogen) atoms. The number of aryl methyl sites for hydroxylation is 2. The lowest BCUT2D eigenvalue weighted by atomic mass is 10.1. The summed E-state index contributed by atoms with van der Waals surface area (Å²) in [5.74, 6) is 0.753. The number of rotatable bonds is 5. The van der Waals surface area contributed by atoms with E-state index in [1.807, 2.05) is 26.8 Å². The Hall–Kier alpha value is -1.82. The Morgan fingerprint density at radius 3 is 2.73 bits per heavy atom. The van der Waals surface area contributed by atoms with Crippen LogP contribution in [0, 0.1) is 13.8 Å². The van der Waals surface area contributed by atoms with Crippen molar-refractivity contribution in [3.8, 4) is 0 Å². The number of aromatic nitrogens is 1. The van der Waals surface area contributed by atoms with Crippen molar-refractivity contribution < 1.29 is 9.32 Å². The number of likely N-dealkylation sites (tertiary alicyclic amines) is 1. The number of nitrogens with one attached hydrogen (secondary N) is 2. The van der Waals surface area contributed by atoms with Crippen molar-refractivity contribution in [1.29, 1.82) is 0 Å². The van der Waals surface area contributed by atoms with Crippen LogP contribution < -0.4 is 10.6 Å². The van der Waals surface area contributed by atoms with E-state index in [2.05, 4.69) is 27.3 Å². The zero-order chi connectivity index (χ0) is 16.1. The number of nitrogens with zero attached hydrogens (tertiary/aromatic N) is 2. The molecule has 1 saturated heterocycles. The Bertz CT molecular complexity index is 499. The standard InChI is InChI=1S/C16H26N4O2/c1-5-8-20-9-6-14(7-10-20)18-16(21)17-11(2)15-12(3)19-22-13(15)4/h5,11,14H,1,6-10H2,2-4H3,(H2,17,18,21)/t11-/m0/s1. The molecule has 1 aliphatic rings. The Kier molecular flexibility index (Phi) is 5.60. The summed E-state index contributed by atoms with van der Waals surface area (Å²) in [6, 6.07) is -0.0142. The molecule has 2 heterocycles. The van der Waals surface area contributed by atoms with Gasteiger partial charge in [-0.1, -0.05) is 11.2 Å². The van der Waals surface area contributed by atoms with Crippen LogP contribution in [0.1, 0.15) is 42.8 Å². The minimum Gasteiger partial charge on any atom is -0.361 e. The largest absolute Gasteiger partial charge is 0.361 e. The predicted octanol–water partition coefficient (Wildman–Crippen LogP) is 2.30. The number of carbonyl (C=O) groups is 1. The van der Waals surface area contributed by atoms with E-state index in [4.69, 9.17) is 4.52 Å². The second-order valence-corrected chi connectivity index (χ2v) is 5.94. The van der Waals surface area contributed by atoms with Gasteiger partial charge in [-0.05, 0) is 33.6 Å². The minimum absolute atomic E-state index is 0.118. The van der Waals surface area contributed by atoms with Crippen molar-refractivity contribution in [2.45, 2.75) is 45.7 Å². The fourth-order valence-electron chi connectivity index (χ4n) is 3.05. The Morgan fingerprint density at radius 1 is 1.50 bits per heavy atom. The normalized spacial score (nSPS) is 18.0. The minimum atomic E-state index is -0.130. The fourth-order valence-corrected chi connectivity index (χ4v) is 3.05. The Labute approximate surface area is 131 Å². The van der Waals surface area contributed by atoms with Crippen LogP contribution in [0.25, 0.3) is 0 Å². The van der Waals surface area contributed by atoms with Crippen LogP contribution in [0.5, 0.6) is 0 Å². The van der Waals surface area contributed by atoms with E-state index in [0.717, 1.165) is 49.5 Å². The van der Waals surface area contributed by atoms with Gasteiger partial charge in [0.05, 0.1) is 11.7 Å². The molecule has 0 radical (unpaired) electrons. The third kappa shape index (κ3) is 4.10.